The second kappa shape index (κ2) is 8.97. The number of carbonyl (C=O) groups excluding carboxylic acids is 2. The normalized spacial score (nSPS) is 15.7. The molecule has 1 fully saturated rings. The maximum atomic E-state index is 12.5. The third-order valence-electron chi connectivity index (χ3n) is 4.37. The van der Waals surface area contributed by atoms with E-state index in [-0.39, 0.29) is 18.6 Å². The molecule has 6 nitrogen and oxygen atoms in total. The maximum absolute atomic E-state index is 12.5. The van der Waals surface area contributed by atoms with Gasteiger partial charge in [0.25, 0.3) is 5.91 Å². The summed E-state index contributed by atoms with van der Waals surface area (Å²) in [6.07, 6.45) is 1.95. The Labute approximate surface area is 157 Å². The highest BCUT2D eigenvalue weighted by Gasteiger charge is 2.19. The van der Waals surface area contributed by atoms with Gasteiger partial charge in [-0.15, -0.1) is 0 Å². The number of hydrogen-bond acceptors (Lipinski definition) is 5. The maximum Gasteiger partial charge on any atom is 0.339 e. The number of nitrogens with one attached hydrogen (secondary N) is 1. The molecule has 1 aliphatic heterocycles. The van der Waals surface area contributed by atoms with Crippen molar-refractivity contribution in [2.75, 3.05) is 19.8 Å². The smallest absolute Gasteiger partial charge is 0.339 e. The fourth-order valence-corrected chi connectivity index (χ4v) is 3.00. The molecule has 138 valence electrons. The van der Waals surface area contributed by atoms with Crippen LogP contribution in [-0.2, 0) is 14.3 Å². The van der Waals surface area contributed by atoms with E-state index in [4.69, 9.17) is 9.47 Å². The Balaban J connectivity index is 1.65. The van der Waals surface area contributed by atoms with Crippen LogP contribution >= 0.6 is 0 Å². The molecular weight excluding hydrogens is 344 g/mol. The Hall–Kier alpha value is -3.17. The van der Waals surface area contributed by atoms with E-state index in [1.54, 1.807) is 48.5 Å². The zero-order chi connectivity index (χ0) is 19.1. The van der Waals surface area contributed by atoms with Crippen LogP contribution in [0, 0.1) is 11.3 Å². The van der Waals surface area contributed by atoms with Gasteiger partial charge in [0.05, 0.1) is 23.3 Å². The van der Waals surface area contributed by atoms with Crippen molar-refractivity contribution in [3.63, 3.8) is 0 Å². The predicted octanol–water partition coefficient (Wildman–Crippen LogP) is 2.68. The van der Waals surface area contributed by atoms with Crippen LogP contribution in [0.1, 0.15) is 28.8 Å². The van der Waals surface area contributed by atoms with Crippen LogP contribution in [0.15, 0.2) is 48.5 Å². The summed E-state index contributed by atoms with van der Waals surface area (Å²) in [6, 6.07) is 16.0. The first-order valence-electron chi connectivity index (χ1n) is 8.83. The lowest BCUT2D eigenvalue weighted by atomic mass is 9.96. The fraction of sp³-hybridized carbons (Fsp3) is 0.286. The molecule has 1 saturated heterocycles. The van der Waals surface area contributed by atoms with Gasteiger partial charge in [0.1, 0.15) is 0 Å². The van der Waals surface area contributed by atoms with Gasteiger partial charge >= 0.3 is 5.97 Å². The highest BCUT2D eigenvalue weighted by atomic mass is 16.5. The van der Waals surface area contributed by atoms with E-state index < -0.39 is 5.97 Å². The molecule has 0 spiro atoms. The number of nitrogens with zero attached hydrogens (tertiary/aromatic N) is 1. The molecule has 1 atom stereocenters. The van der Waals surface area contributed by atoms with Crippen molar-refractivity contribution in [3.05, 3.63) is 59.7 Å². The van der Waals surface area contributed by atoms with Gasteiger partial charge in [-0.1, -0.05) is 36.4 Å². The van der Waals surface area contributed by atoms with Crippen LogP contribution in [0.2, 0.25) is 0 Å². The molecule has 1 amide bonds. The van der Waals surface area contributed by atoms with Crippen LogP contribution < -0.4 is 5.32 Å². The molecule has 0 radical (unpaired) electrons. The fourth-order valence-electron chi connectivity index (χ4n) is 3.00. The number of esters is 1. The van der Waals surface area contributed by atoms with Gasteiger partial charge in [-0.05, 0) is 30.5 Å². The first-order valence-corrected chi connectivity index (χ1v) is 8.83. The molecule has 0 aromatic heterocycles. The highest BCUT2D eigenvalue weighted by Crippen LogP contribution is 2.27. The Bertz CT molecular complexity index is 866. The molecule has 3 rings (SSSR count). The van der Waals surface area contributed by atoms with Crippen molar-refractivity contribution in [3.8, 4) is 17.2 Å². The molecular formula is C21H20N2O4. The van der Waals surface area contributed by atoms with Gasteiger partial charge < -0.3 is 14.8 Å². The number of nitriles is 1. The second-order valence-corrected chi connectivity index (χ2v) is 6.22. The summed E-state index contributed by atoms with van der Waals surface area (Å²) in [7, 11) is 0. The zero-order valence-corrected chi connectivity index (χ0v) is 14.8. The van der Waals surface area contributed by atoms with Crippen molar-refractivity contribution >= 4 is 11.9 Å². The molecule has 1 heterocycles. The second-order valence-electron chi connectivity index (χ2n) is 6.22. The molecule has 27 heavy (non-hydrogen) atoms. The molecule has 1 N–H and O–H groups in total. The van der Waals surface area contributed by atoms with E-state index >= 15 is 0 Å². The molecule has 0 bridgehead atoms. The van der Waals surface area contributed by atoms with Gasteiger partial charge in [-0.3, -0.25) is 4.79 Å². The minimum atomic E-state index is -0.606. The SMILES string of the molecule is N#Cc1ccccc1-c1ccccc1C(=O)OCC(=O)NC[C@H]1CCCO1. The summed E-state index contributed by atoms with van der Waals surface area (Å²) in [6.45, 7) is 0.777. The monoisotopic (exact) mass is 364 g/mol. The van der Waals surface area contributed by atoms with Crippen molar-refractivity contribution in [1.82, 2.24) is 5.32 Å². The standard InChI is InChI=1S/C21H20N2O4/c22-12-15-6-1-2-8-17(15)18-9-3-4-10-19(18)21(25)27-14-20(24)23-13-16-7-5-11-26-16/h1-4,6,8-10,16H,5,7,11,13-14H2,(H,23,24)/t16-/m1/s1. The van der Waals surface area contributed by atoms with Gasteiger partial charge in [-0.25, -0.2) is 4.79 Å². The Morgan fingerprint density at radius 2 is 1.89 bits per heavy atom. The summed E-state index contributed by atoms with van der Waals surface area (Å²) >= 11 is 0. The molecule has 1 aliphatic rings. The van der Waals surface area contributed by atoms with Crippen LogP contribution in [0.4, 0.5) is 0 Å². The van der Waals surface area contributed by atoms with Gasteiger partial charge in [0, 0.05) is 18.7 Å². The zero-order valence-electron chi connectivity index (χ0n) is 14.8. The first kappa shape index (κ1) is 18.6. The van der Waals surface area contributed by atoms with Crippen molar-refractivity contribution < 1.29 is 19.1 Å². The minimum absolute atomic E-state index is 0.0351. The third kappa shape index (κ3) is 4.72. The number of carbonyl (C=O) groups is 2. The number of ether oxygens (including phenoxy) is 2. The third-order valence-corrected chi connectivity index (χ3v) is 4.37. The molecule has 0 aliphatic carbocycles. The summed E-state index contributed by atoms with van der Waals surface area (Å²) in [5, 5.41) is 12.0. The van der Waals surface area contributed by atoms with Crippen LogP contribution in [0.25, 0.3) is 11.1 Å². The van der Waals surface area contributed by atoms with Crippen LogP contribution in [0.5, 0.6) is 0 Å². The molecule has 6 heteroatoms. The van der Waals surface area contributed by atoms with E-state index in [0.29, 0.717) is 28.8 Å². The summed E-state index contributed by atoms with van der Waals surface area (Å²) in [5.41, 5.74) is 2.02. The van der Waals surface area contributed by atoms with E-state index in [9.17, 15) is 14.9 Å². The van der Waals surface area contributed by atoms with Crippen molar-refractivity contribution in [2.24, 2.45) is 0 Å². The minimum Gasteiger partial charge on any atom is -0.452 e. The lowest BCUT2D eigenvalue weighted by Crippen LogP contribution is -2.34. The molecule has 0 saturated carbocycles. The largest absolute Gasteiger partial charge is 0.452 e. The molecule has 2 aromatic carbocycles. The van der Waals surface area contributed by atoms with E-state index in [0.717, 1.165) is 19.4 Å². The van der Waals surface area contributed by atoms with Gasteiger partial charge in [0.15, 0.2) is 6.61 Å². The molecule has 0 unspecified atom stereocenters. The Morgan fingerprint density at radius 1 is 1.15 bits per heavy atom. The van der Waals surface area contributed by atoms with Crippen LogP contribution in [-0.4, -0.2) is 37.7 Å². The number of hydrogen-bond donors (Lipinski definition) is 1. The molecule has 2 aromatic rings. The summed E-state index contributed by atoms with van der Waals surface area (Å²) < 4.78 is 10.6. The van der Waals surface area contributed by atoms with Crippen molar-refractivity contribution in [2.45, 2.75) is 18.9 Å². The summed E-state index contributed by atoms with van der Waals surface area (Å²) in [4.78, 5) is 24.4. The number of amides is 1. The average Bonchev–Trinajstić information content (AvgIpc) is 3.24. The topological polar surface area (TPSA) is 88.4 Å². The van der Waals surface area contributed by atoms with Gasteiger partial charge in [0.2, 0.25) is 0 Å². The lowest BCUT2D eigenvalue weighted by Gasteiger charge is -2.12. The lowest BCUT2D eigenvalue weighted by molar-refractivity contribution is -0.124. The van der Waals surface area contributed by atoms with E-state index in [1.807, 2.05) is 0 Å². The Kier molecular flexibility index (Phi) is 6.18. The van der Waals surface area contributed by atoms with E-state index in [1.165, 1.54) is 0 Å². The first-order chi connectivity index (χ1) is 13.2. The quantitative estimate of drug-likeness (QED) is 0.796. The van der Waals surface area contributed by atoms with Gasteiger partial charge in [-0.2, -0.15) is 5.26 Å². The van der Waals surface area contributed by atoms with Crippen molar-refractivity contribution in [1.29, 1.82) is 5.26 Å². The highest BCUT2D eigenvalue weighted by molar-refractivity contribution is 5.98. The number of benzene rings is 2. The Morgan fingerprint density at radius 3 is 2.63 bits per heavy atom. The predicted molar refractivity (Wildman–Crippen MR) is 98.9 cm³/mol. The van der Waals surface area contributed by atoms with E-state index in [2.05, 4.69) is 11.4 Å². The van der Waals surface area contributed by atoms with Crippen LogP contribution in [0.3, 0.4) is 0 Å². The number of rotatable bonds is 6. The summed E-state index contributed by atoms with van der Waals surface area (Å²) in [5.74, 6) is -0.973. The average molecular weight is 364 g/mol.